The van der Waals surface area contributed by atoms with E-state index in [0.29, 0.717) is 19.8 Å². The fourth-order valence-electron chi connectivity index (χ4n) is 2.45. The number of nitrogens with zero attached hydrogens (tertiary/aromatic N) is 1. The minimum absolute atomic E-state index is 0.0487. The Morgan fingerprint density at radius 2 is 1.95 bits per heavy atom. The number of carbonyl (C=O) groups excluding carboxylic acids is 1. The van der Waals surface area contributed by atoms with Crippen molar-refractivity contribution in [2.75, 3.05) is 31.7 Å². The second kappa shape index (κ2) is 4.94. The van der Waals surface area contributed by atoms with Crippen LogP contribution in [0, 0.1) is 26.2 Å². The minimum atomic E-state index is -0.528. The summed E-state index contributed by atoms with van der Waals surface area (Å²) in [6.07, 6.45) is 0. The number of carbonyl (C=O) groups is 1. The second-order valence-corrected chi connectivity index (χ2v) is 5.49. The lowest BCUT2D eigenvalue weighted by molar-refractivity contribution is -0.156. The molecule has 2 N–H and O–H groups in total. The average molecular weight is 262 g/mol. The molecule has 1 amide bonds. The van der Waals surface area contributed by atoms with E-state index in [2.05, 4.69) is 13.8 Å². The predicted molar refractivity (Wildman–Crippen MR) is 76.4 cm³/mol. The van der Waals surface area contributed by atoms with E-state index in [1.54, 1.807) is 4.90 Å². The zero-order valence-electron chi connectivity index (χ0n) is 12.1. The predicted octanol–water partition coefficient (Wildman–Crippen LogP) is 1.55. The number of benzene rings is 1. The van der Waals surface area contributed by atoms with Gasteiger partial charge in [-0.2, -0.15) is 0 Å². The largest absolute Gasteiger partial charge is 0.379 e. The van der Waals surface area contributed by atoms with Crippen molar-refractivity contribution < 1.29 is 9.53 Å². The van der Waals surface area contributed by atoms with Crippen LogP contribution < -0.4 is 10.6 Å². The van der Waals surface area contributed by atoms with E-state index in [9.17, 15) is 4.79 Å². The maximum atomic E-state index is 12.6. The highest BCUT2D eigenvalue weighted by molar-refractivity contribution is 5.98. The van der Waals surface area contributed by atoms with Crippen LogP contribution in [0.4, 0.5) is 5.69 Å². The number of nitrogens with two attached hydrogens (primary N) is 1. The standard InChI is InChI=1S/C15H22N2O2/c1-10-5-6-13(12(3)11(10)2)17(4)14(18)15(7-16)8-19-9-15/h5-6H,7-9,16H2,1-4H3. The Labute approximate surface area is 114 Å². The van der Waals surface area contributed by atoms with E-state index in [1.165, 1.54) is 11.1 Å². The molecule has 0 saturated carbocycles. The van der Waals surface area contributed by atoms with Gasteiger partial charge in [0.2, 0.25) is 5.91 Å². The lowest BCUT2D eigenvalue weighted by Crippen LogP contribution is -2.58. The van der Waals surface area contributed by atoms with Gasteiger partial charge in [-0.25, -0.2) is 0 Å². The molecule has 0 spiro atoms. The average Bonchev–Trinajstić information content (AvgIpc) is 2.34. The molecule has 1 aromatic rings. The third-order valence-corrected chi connectivity index (χ3v) is 4.30. The molecular weight excluding hydrogens is 240 g/mol. The highest BCUT2D eigenvalue weighted by atomic mass is 16.5. The summed E-state index contributed by atoms with van der Waals surface area (Å²) >= 11 is 0. The first kappa shape index (κ1) is 14.0. The van der Waals surface area contributed by atoms with Gasteiger partial charge in [-0.05, 0) is 43.5 Å². The molecule has 0 unspecified atom stereocenters. The molecule has 1 heterocycles. The van der Waals surface area contributed by atoms with E-state index in [1.807, 2.05) is 26.1 Å². The molecule has 2 rings (SSSR count). The maximum absolute atomic E-state index is 12.6. The van der Waals surface area contributed by atoms with E-state index < -0.39 is 5.41 Å². The fourth-order valence-corrected chi connectivity index (χ4v) is 2.45. The molecule has 19 heavy (non-hydrogen) atoms. The molecule has 0 radical (unpaired) electrons. The van der Waals surface area contributed by atoms with Gasteiger partial charge in [0, 0.05) is 19.3 Å². The summed E-state index contributed by atoms with van der Waals surface area (Å²) in [5.74, 6) is 0.0487. The van der Waals surface area contributed by atoms with E-state index in [4.69, 9.17) is 10.5 Å². The zero-order chi connectivity index (χ0) is 14.2. The highest BCUT2D eigenvalue weighted by Gasteiger charge is 2.46. The van der Waals surface area contributed by atoms with Crippen LogP contribution in [-0.4, -0.2) is 32.7 Å². The summed E-state index contributed by atoms with van der Waals surface area (Å²) in [7, 11) is 1.81. The SMILES string of the molecule is Cc1ccc(N(C)C(=O)C2(CN)COC2)c(C)c1C. The van der Waals surface area contributed by atoms with Crippen LogP contribution in [-0.2, 0) is 9.53 Å². The number of hydrogen-bond acceptors (Lipinski definition) is 3. The fraction of sp³-hybridized carbons (Fsp3) is 0.533. The van der Waals surface area contributed by atoms with Crippen molar-refractivity contribution in [2.45, 2.75) is 20.8 Å². The van der Waals surface area contributed by atoms with Crippen LogP contribution in [0.2, 0.25) is 0 Å². The van der Waals surface area contributed by atoms with Gasteiger partial charge in [-0.1, -0.05) is 6.07 Å². The van der Waals surface area contributed by atoms with Crippen molar-refractivity contribution in [2.24, 2.45) is 11.1 Å². The normalized spacial score (nSPS) is 16.9. The van der Waals surface area contributed by atoms with Gasteiger partial charge in [-0.15, -0.1) is 0 Å². The monoisotopic (exact) mass is 262 g/mol. The summed E-state index contributed by atoms with van der Waals surface area (Å²) in [5, 5.41) is 0. The Morgan fingerprint density at radius 1 is 1.32 bits per heavy atom. The van der Waals surface area contributed by atoms with Gasteiger partial charge in [0.05, 0.1) is 13.2 Å². The molecule has 1 saturated heterocycles. The van der Waals surface area contributed by atoms with Crippen LogP contribution in [0.5, 0.6) is 0 Å². The van der Waals surface area contributed by atoms with Crippen molar-refractivity contribution in [1.82, 2.24) is 0 Å². The van der Waals surface area contributed by atoms with Gasteiger partial charge in [0.15, 0.2) is 0 Å². The zero-order valence-corrected chi connectivity index (χ0v) is 12.1. The number of aryl methyl sites for hydroxylation is 1. The smallest absolute Gasteiger partial charge is 0.238 e. The first-order valence-corrected chi connectivity index (χ1v) is 6.56. The van der Waals surface area contributed by atoms with Crippen molar-refractivity contribution >= 4 is 11.6 Å². The van der Waals surface area contributed by atoms with Crippen LogP contribution in [0.25, 0.3) is 0 Å². The molecule has 0 aliphatic carbocycles. The lowest BCUT2D eigenvalue weighted by Gasteiger charge is -2.41. The number of anilines is 1. The topological polar surface area (TPSA) is 55.6 Å². The van der Waals surface area contributed by atoms with Gasteiger partial charge in [-0.3, -0.25) is 4.79 Å². The summed E-state index contributed by atoms with van der Waals surface area (Å²) < 4.78 is 5.18. The van der Waals surface area contributed by atoms with Crippen LogP contribution >= 0.6 is 0 Å². The number of ether oxygens (including phenoxy) is 1. The van der Waals surface area contributed by atoms with Crippen molar-refractivity contribution in [3.8, 4) is 0 Å². The van der Waals surface area contributed by atoms with E-state index in [-0.39, 0.29) is 5.91 Å². The third-order valence-electron chi connectivity index (χ3n) is 4.30. The summed E-state index contributed by atoms with van der Waals surface area (Å²) in [6, 6.07) is 4.05. The van der Waals surface area contributed by atoms with Crippen LogP contribution in [0.15, 0.2) is 12.1 Å². The molecule has 4 nitrogen and oxygen atoms in total. The molecule has 104 valence electrons. The summed E-state index contributed by atoms with van der Waals surface area (Å²) in [6.45, 7) is 7.40. The molecule has 0 aromatic heterocycles. The Balaban J connectivity index is 2.32. The molecule has 4 heteroatoms. The van der Waals surface area contributed by atoms with Crippen molar-refractivity contribution in [3.05, 3.63) is 28.8 Å². The minimum Gasteiger partial charge on any atom is -0.379 e. The lowest BCUT2D eigenvalue weighted by atomic mass is 9.84. The Kier molecular flexibility index (Phi) is 3.65. The first-order chi connectivity index (χ1) is 8.93. The Morgan fingerprint density at radius 3 is 2.42 bits per heavy atom. The number of rotatable bonds is 3. The molecular formula is C15H22N2O2. The van der Waals surface area contributed by atoms with Crippen LogP contribution in [0.1, 0.15) is 16.7 Å². The molecule has 0 atom stereocenters. The Bertz CT molecular complexity index is 502. The second-order valence-electron chi connectivity index (χ2n) is 5.49. The number of hydrogen-bond donors (Lipinski definition) is 1. The van der Waals surface area contributed by atoms with Gasteiger partial charge in [0.1, 0.15) is 5.41 Å². The van der Waals surface area contributed by atoms with Gasteiger partial charge in [0.25, 0.3) is 0 Å². The number of amides is 1. The van der Waals surface area contributed by atoms with E-state index in [0.717, 1.165) is 11.3 Å². The van der Waals surface area contributed by atoms with Crippen molar-refractivity contribution in [3.63, 3.8) is 0 Å². The maximum Gasteiger partial charge on any atom is 0.238 e. The molecule has 1 aromatic carbocycles. The summed E-state index contributed by atoms with van der Waals surface area (Å²) in [5.41, 5.74) is 9.78. The van der Waals surface area contributed by atoms with Gasteiger partial charge >= 0.3 is 0 Å². The quantitative estimate of drug-likeness (QED) is 0.899. The molecule has 1 fully saturated rings. The third kappa shape index (κ3) is 2.15. The highest BCUT2D eigenvalue weighted by Crippen LogP contribution is 2.32. The molecule has 0 bridgehead atoms. The van der Waals surface area contributed by atoms with Gasteiger partial charge < -0.3 is 15.4 Å². The Hall–Kier alpha value is -1.39. The summed E-state index contributed by atoms with van der Waals surface area (Å²) in [4.78, 5) is 14.3. The first-order valence-electron chi connectivity index (χ1n) is 6.56. The van der Waals surface area contributed by atoms with E-state index >= 15 is 0 Å². The van der Waals surface area contributed by atoms with Crippen molar-refractivity contribution in [1.29, 1.82) is 0 Å². The molecule has 1 aliphatic rings. The molecule has 1 aliphatic heterocycles. The van der Waals surface area contributed by atoms with Crippen LogP contribution in [0.3, 0.4) is 0 Å².